The van der Waals surface area contributed by atoms with E-state index in [1.807, 2.05) is 30.3 Å². The Bertz CT molecular complexity index is 1270. The van der Waals surface area contributed by atoms with Crippen molar-refractivity contribution in [2.24, 2.45) is 11.5 Å². The predicted molar refractivity (Wildman–Crippen MR) is 110 cm³/mol. The van der Waals surface area contributed by atoms with Gasteiger partial charge in [-0.15, -0.1) is 10.2 Å². The van der Waals surface area contributed by atoms with Gasteiger partial charge in [-0.05, 0) is 24.6 Å². The maximum atomic E-state index is 11.8. The Hall–Kier alpha value is -4.34. The van der Waals surface area contributed by atoms with Crippen molar-refractivity contribution in [3.8, 4) is 11.4 Å². The SMILES string of the molecule is Cc1nn2c(C(N)=O)cccc2c1-c1nnc(C(N)=O)c(NCc2ccccc2)n1. The average Bonchev–Trinajstić information content (AvgIpc) is 3.08. The molecule has 10 nitrogen and oxygen atoms in total. The molecule has 0 spiro atoms. The van der Waals surface area contributed by atoms with Crippen molar-refractivity contribution < 1.29 is 9.59 Å². The third kappa shape index (κ3) is 3.41. The molecular formula is C20H18N8O2. The number of aryl methyl sites for hydroxylation is 1. The summed E-state index contributed by atoms with van der Waals surface area (Å²) in [6.07, 6.45) is 0. The van der Waals surface area contributed by atoms with E-state index < -0.39 is 11.8 Å². The quantitative estimate of drug-likeness (QED) is 0.439. The van der Waals surface area contributed by atoms with Crippen molar-refractivity contribution in [1.82, 2.24) is 24.8 Å². The first-order chi connectivity index (χ1) is 14.5. The lowest BCUT2D eigenvalue weighted by atomic mass is 10.2. The van der Waals surface area contributed by atoms with E-state index in [1.165, 1.54) is 4.52 Å². The van der Waals surface area contributed by atoms with Crippen molar-refractivity contribution in [3.63, 3.8) is 0 Å². The van der Waals surface area contributed by atoms with Gasteiger partial charge in [0.25, 0.3) is 11.8 Å². The fraction of sp³-hybridized carbons (Fsp3) is 0.100. The Morgan fingerprint density at radius 3 is 2.47 bits per heavy atom. The van der Waals surface area contributed by atoms with E-state index in [2.05, 4.69) is 25.6 Å². The number of carbonyl (C=O) groups is 2. The topological polar surface area (TPSA) is 154 Å². The lowest BCUT2D eigenvalue weighted by molar-refractivity contribution is 0.0985. The summed E-state index contributed by atoms with van der Waals surface area (Å²) in [7, 11) is 0. The van der Waals surface area contributed by atoms with Crippen LogP contribution in [0.25, 0.3) is 16.9 Å². The molecular weight excluding hydrogens is 384 g/mol. The van der Waals surface area contributed by atoms with Gasteiger partial charge in [-0.25, -0.2) is 9.50 Å². The molecule has 5 N–H and O–H groups in total. The van der Waals surface area contributed by atoms with Crippen LogP contribution < -0.4 is 16.8 Å². The molecule has 4 aromatic rings. The second kappa shape index (κ2) is 7.59. The minimum absolute atomic E-state index is 0.0679. The van der Waals surface area contributed by atoms with Crippen molar-refractivity contribution in [2.45, 2.75) is 13.5 Å². The summed E-state index contributed by atoms with van der Waals surface area (Å²) in [5.74, 6) is -0.904. The van der Waals surface area contributed by atoms with E-state index >= 15 is 0 Å². The van der Waals surface area contributed by atoms with Gasteiger partial charge in [0.1, 0.15) is 5.69 Å². The van der Waals surface area contributed by atoms with Gasteiger partial charge in [0.15, 0.2) is 17.3 Å². The molecule has 1 aromatic carbocycles. The molecule has 0 atom stereocenters. The number of amides is 2. The number of hydrogen-bond donors (Lipinski definition) is 3. The van der Waals surface area contributed by atoms with Crippen LogP contribution in [0.1, 0.15) is 32.2 Å². The highest BCUT2D eigenvalue weighted by Crippen LogP contribution is 2.27. The largest absolute Gasteiger partial charge is 0.364 e. The van der Waals surface area contributed by atoms with E-state index in [-0.39, 0.29) is 23.0 Å². The van der Waals surface area contributed by atoms with Crippen LogP contribution in [0.15, 0.2) is 48.5 Å². The number of anilines is 1. The number of carbonyl (C=O) groups excluding carboxylic acids is 2. The number of rotatable bonds is 6. The number of primary amides is 2. The molecule has 0 aliphatic rings. The lowest BCUT2D eigenvalue weighted by Gasteiger charge is -2.09. The van der Waals surface area contributed by atoms with Crippen molar-refractivity contribution in [3.05, 3.63) is 71.2 Å². The molecule has 0 saturated carbocycles. The molecule has 150 valence electrons. The van der Waals surface area contributed by atoms with Crippen molar-refractivity contribution >= 4 is 23.1 Å². The Labute approximate surface area is 170 Å². The zero-order valence-corrected chi connectivity index (χ0v) is 16.0. The summed E-state index contributed by atoms with van der Waals surface area (Å²) in [5.41, 5.74) is 13.8. The molecule has 10 heteroatoms. The standard InChI is InChI=1S/C20H18N8O2/c1-11-15(13-8-5-9-14(17(21)29)28(13)27-11)19-24-20(16(18(22)30)25-26-19)23-10-12-6-3-2-4-7-12/h2-9H,10H2,1H3,(H2,21,29)(H2,22,30)(H,23,24,26). The van der Waals surface area contributed by atoms with Crippen molar-refractivity contribution in [1.29, 1.82) is 0 Å². The second-order valence-corrected chi connectivity index (χ2v) is 6.57. The molecule has 2 amide bonds. The summed E-state index contributed by atoms with van der Waals surface area (Å²) in [4.78, 5) is 28.0. The highest BCUT2D eigenvalue weighted by Gasteiger charge is 2.21. The molecule has 30 heavy (non-hydrogen) atoms. The maximum Gasteiger partial charge on any atom is 0.273 e. The zero-order valence-electron chi connectivity index (χ0n) is 16.0. The van der Waals surface area contributed by atoms with Crippen LogP contribution in [0, 0.1) is 6.92 Å². The van der Waals surface area contributed by atoms with Gasteiger partial charge >= 0.3 is 0 Å². The first kappa shape index (κ1) is 19.0. The Balaban J connectivity index is 1.80. The first-order valence-electron chi connectivity index (χ1n) is 9.06. The van der Waals surface area contributed by atoms with Gasteiger partial charge in [0.05, 0.1) is 16.8 Å². The monoisotopic (exact) mass is 402 g/mol. The molecule has 0 radical (unpaired) electrons. The zero-order chi connectivity index (χ0) is 21.3. The number of hydrogen-bond acceptors (Lipinski definition) is 7. The van der Waals surface area contributed by atoms with Crippen LogP contribution in [-0.4, -0.2) is 36.6 Å². The normalized spacial score (nSPS) is 10.8. The number of pyridine rings is 1. The Morgan fingerprint density at radius 1 is 1.00 bits per heavy atom. The summed E-state index contributed by atoms with van der Waals surface area (Å²) in [5, 5.41) is 15.5. The third-order valence-corrected chi connectivity index (χ3v) is 4.53. The molecule has 4 rings (SSSR count). The lowest BCUT2D eigenvalue weighted by Crippen LogP contribution is -2.19. The highest BCUT2D eigenvalue weighted by molar-refractivity contribution is 5.96. The molecule has 3 aromatic heterocycles. The van der Waals surface area contributed by atoms with Gasteiger partial charge < -0.3 is 16.8 Å². The fourth-order valence-corrected chi connectivity index (χ4v) is 3.15. The molecule has 0 saturated heterocycles. The molecule has 0 aliphatic heterocycles. The highest BCUT2D eigenvalue weighted by atomic mass is 16.1. The molecule has 0 aliphatic carbocycles. The van der Waals surface area contributed by atoms with Gasteiger partial charge in [0, 0.05) is 6.54 Å². The van der Waals surface area contributed by atoms with Gasteiger partial charge in [0.2, 0.25) is 0 Å². The van der Waals surface area contributed by atoms with Crippen LogP contribution in [0.5, 0.6) is 0 Å². The summed E-state index contributed by atoms with van der Waals surface area (Å²) in [6.45, 7) is 2.17. The van der Waals surface area contributed by atoms with Crippen LogP contribution in [-0.2, 0) is 6.54 Å². The van der Waals surface area contributed by atoms with E-state index in [0.717, 1.165) is 5.56 Å². The second-order valence-electron chi connectivity index (χ2n) is 6.57. The Kier molecular flexibility index (Phi) is 4.80. The minimum atomic E-state index is -0.746. The van der Waals surface area contributed by atoms with Crippen LogP contribution in [0.3, 0.4) is 0 Å². The average molecular weight is 402 g/mol. The molecule has 0 fully saturated rings. The van der Waals surface area contributed by atoms with E-state index in [1.54, 1.807) is 25.1 Å². The van der Waals surface area contributed by atoms with E-state index in [4.69, 9.17) is 11.5 Å². The van der Waals surface area contributed by atoms with Gasteiger partial charge in [-0.2, -0.15) is 5.10 Å². The number of nitrogens with one attached hydrogen (secondary N) is 1. The number of aromatic nitrogens is 5. The third-order valence-electron chi connectivity index (χ3n) is 4.53. The Morgan fingerprint density at radius 2 is 1.77 bits per heavy atom. The summed E-state index contributed by atoms with van der Waals surface area (Å²) < 4.78 is 1.44. The first-order valence-corrected chi connectivity index (χ1v) is 9.06. The van der Waals surface area contributed by atoms with Crippen LogP contribution in [0.2, 0.25) is 0 Å². The maximum absolute atomic E-state index is 11.8. The molecule has 3 heterocycles. The van der Waals surface area contributed by atoms with E-state index in [0.29, 0.717) is 23.3 Å². The number of nitrogens with two attached hydrogens (primary N) is 2. The number of nitrogens with zero attached hydrogens (tertiary/aromatic N) is 5. The predicted octanol–water partition coefficient (Wildman–Crippen LogP) is 1.30. The molecule has 0 unspecified atom stereocenters. The van der Waals surface area contributed by atoms with E-state index in [9.17, 15) is 9.59 Å². The number of fused-ring (bicyclic) bond motifs is 1. The van der Waals surface area contributed by atoms with Crippen LogP contribution in [0.4, 0.5) is 5.82 Å². The minimum Gasteiger partial charge on any atom is -0.364 e. The van der Waals surface area contributed by atoms with Gasteiger partial charge in [-0.3, -0.25) is 9.59 Å². The van der Waals surface area contributed by atoms with Crippen molar-refractivity contribution in [2.75, 3.05) is 5.32 Å². The van der Waals surface area contributed by atoms with Gasteiger partial charge in [-0.1, -0.05) is 36.4 Å². The smallest absolute Gasteiger partial charge is 0.273 e. The summed E-state index contributed by atoms with van der Waals surface area (Å²) >= 11 is 0. The number of benzene rings is 1. The van der Waals surface area contributed by atoms with Crippen LogP contribution >= 0.6 is 0 Å². The summed E-state index contributed by atoms with van der Waals surface area (Å²) in [6, 6.07) is 14.7. The molecule has 0 bridgehead atoms. The fourth-order valence-electron chi connectivity index (χ4n) is 3.15.